The topological polar surface area (TPSA) is 92.8 Å². The molecule has 1 N–H and O–H groups in total. The number of nitrogens with zero attached hydrogens (tertiary/aromatic N) is 1. The summed E-state index contributed by atoms with van der Waals surface area (Å²) in [5, 5.41) is 2.76. The number of carbonyl (C=O) groups excluding carboxylic acids is 2. The molecule has 0 spiro atoms. The predicted molar refractivity (Wildman–Crippen MR) is 123 cm³/mol. The molecule has 0 unspecified atom stereocenters. The summed E-state index contributed by atoms with van der Waals surface area (Å²) < 4.78 is 32.6. The number of anilines is 1. The van der Waals surface area contributed by atoms with Crippen molar-refractivity contribution < 1.29 is 22.7 Å². The molecule has 0 aliphatic carbocycles. The van der Waals surface area contributed by atoms with Gasteiger partial charge in [0.25, 0.3) is 5.91 Å². The maximum atomic E-state index is 12.9. The van der Waals surface area contributed by atoms with Crippen LogP contribution in [0.25, 0.3) is 0 Å². The second-order valence-corrected chi connectivity index (χ2v) is 10.3. The van der Waals surface area contributed by atoms with Gasteiger partial charge in [-0.15, -0.1) is 0 Å². The van der Waals surface area contributed by atoms with E-state index in [-0.39, 0.29) is 15.6 Å². The first-order valence-corrected chi connectivity index (χ1v) is 12.3. The van der Waals surface area contributed by atoms with Crippen LogP contribution in [-0.2, 0) is 19.6 Å². The number of hydrogen-bond donors (Lipinski definition) is 1. The van der Waals surface area contributed by atoms with Gasteiger partial charge in [0.05, 0.1) is 21.2 Å². The highest BCUT2D eigenvalue weighted by Crippen LogP contribution is 2.28. The van der Waals surface area contributed by atoms with Gasteiger partial charge in [0.15, 0.2) is 6.10 Å². The van der Waals surface area contributed by atoms with Gasteiger partial charge in [0.1, 0.15) is 0 Å². The van der Waals surface area contributed by atoms with Crippen molar-refractivity contribution in [3.8, 4) is 0 Å². The molecule has 32 heavy (non-hydrogen) atoms. The summed E-state index contributed by atoms with van der Waals surface area (Å²) in [6.45, 7) is 6.03. The van der Waals surface area contributed by atoms with Crippen molar-refractivity contribution in [2.45, 2.75) is 51.0 Å². The predicted octanol–water partition coefficient (Wildman–Crippen LogP) is 4.32. The molecule has 1 fully saturated rings. The van der Waals surface area contributed by atoms with Crippen LogP contribution in [0.2, 0.25) is 5.02 Å². The van der Waals surface area contributed by atoms with E-state index in [2.05, 4.69) is 5.32 Å². The molecule has 9 heteroatoms. The molecule has 0 saturated carbocycles. The molecule has 7 nitrogen and oxygen atoms in total. The number of benzene rings is 2. The Labute approximate surface area is 193 Å². The van der Waals surface area contributed by atoms with Gasteiger partial charge in [0.2, 0.25) is 10.0 Å². The normalized spacial score (nSPS) is 15.8. The lowest BCUT2D eigenvalue weighted by atomic mass is 10.1. The number of ether oxygens (including phenoxy) is 1. The first kappa shape index (κ1) is 24.2. The van der Waals surface area contributed by atoms with Gasteiger partial charge in [-0.3, -0.25) is 4.79 Å². The molecule has 1 aliphatic heterocycles. The Morgan fingerprint density at radius 2 is 1.75 bits per heavy atom. The van der Waals surface area contributed by atoms with Crippen LogP contribution in [-0.4, -0.2) is 43.8 Å². The number of piperidine rings is 1. The van der Waals surface area contributed by atoms with Crippen LogP contribution in [0.3, 0.4) is 0 Å². The summed E-state index contributed by atoms with van der Waals surface area (Å²) in [4.78, 5) is 25.2. The highest BCUT2D eigenvalue weighted by atomic mass is 35.5. The van der Waals surface area contributed by atoms with E-state index >= 15 is 0 Å². The molecule has 2 aromatic carbocycles. The minimum absolute atomic E-state index is 0.0548. The molecule has 0 bridgehead atoms. The number of esters is 1. The Morgan fingerprint density at radius 3 is 2.44 bits per heavy atom. The minimum Gasteiger partial charge on any atom is -0.449 e. The Bertz CT molecular complexity index is 1130. The van der Waals surface area contributed by atoms with Crippen LogP contribution in [0.5, 0.6) is 0 Å². The van der Waals surface area contributed by atoms with Gasteiger partial charge in [-0.1, -0.05) is 35.7 Å². The molecule has 1 heterocycles. The van der Waals surface area contributed by atoms with Crippen molar-refractivity contribution in [1.29, 1.82) is 0 Å². The number of hydrogen-bond acceptors (Lipinski definition) is 5. The third-order valence-electron chi connectivity index (χ3n) is 5.41. The molecule has 1 saturated heterocycles. The number of carbonyl (C=O) groups is 2. The quantitative estimate of drug-likeness (QED) is 0.624. The maximum Gasteiger partial charge on any atom is 0.339 e. The molecular formula is C23H27ClN2O5S. The summed E-state index contributed by atoms with van der Waals surface area (Å²) in [5.74, 6) is -1.22. The fourth-order valence-corrected chi connectivity index (χ4v) is 5.19. The summed E-state index contributed by atoms with van der Waals surface area (Å²) in [5.41, 5.74) is 2.17. The van der Waals surface area contributed by atoms with Crippen molar-refractivity contribution in [2.24, 2.45) is 0 Å². The van der Waals surface area contributed by atoms with Crippen molar-refractivity contribution in [1.82, 2.24) is 4.31 Å². The molecular weight excluding hydrogens is 452 g/mol. The zero-order valence-electron chi connectivity index (χ0n) is 18.4. The van der Waals surface area contributed by atoms with Crippen LogP contribution in [0.15, 0.2) is 41.3 Å². The van der Waals surface area contributed by atoms with Crippen LogP contribution in [0, 0.1) is 13.8 Å². The average Bonchev–Trinajstić information content (AvgIpc) is 2.77. The molecule has 1 atom stereocenters. The average molecular weight is 479 g/mol. The first-order valence-electron chi connectivity index (χ1n) is 10.5. The van der Waals surface area contributed by atoms with Gasteiger partial charge < -0.3 is 10.1 Å². The van der Waals surface area contributed by atoms with E-state index in [4.69, 9.17) is 16.3 Å². The minimum atomic E-state index is -3.68. The van der Waals surface area contributed by atoms with Gasteiger partial charge >= 0.3 is 5.97 Å². The highest BCUT2D eigenvalue weighted by molar-refractivity contribution is 7.89. The number of sulfonamides is 1. The zero-order chi connectivity index (χ0) is 23.5. The fraction of sp³-hybridized carbons (Fsp3) is 0.391. The lowest BCUT2D eigenvalue weighted by Crippen LogP contribution is -2.35. The standard InChI is InChI=1S/C23H27ClN2O5S/c1-15-7-8-16(2)19(13-15)23(28)31-17(3)22(27)25-21-14-18(9-10-20(21)24)32(29,30)26-11-5-4-6-12-26/h7-10,13-14,17H,4-6,11-12H2,1-3H3,(H,25,27)/t17-/m1/s1. The largest absolute Gasteiger partial charge is 0.449 e. The van der Waals surface area contributed by atoms with Crippen molar-refractivity contribution >= 4 is 39.2 Å². The summed E-state index contributed by atoms with van der Waals surface area (Å²) in [7, 11) is -3.68. The monoisotopic (exact) mass is 478 g/mol. The van der Waals surface area contributed by atoms with Crippen molar-refractivity contribution in [2.75, 3.05) is 18.4 Å². The van der Waals surface area contributed by atoms with Crippen LogP contribution in [0.4, 0.5) is 5.69 Å². The highest BCUT2D eigenvalue weighted by Gasteiger charge is 2.27. The SMILES string of the molecule is Cc1ccc(C)c(C(=O)O[C@H](C)C(=O)Nc2cc(S(=O)(=O)N3CCCCC3)ccc2Cl)c1. The third-order valence-corrected chi connectivity index (χ3v) is 7.64. The Hall–Kier alpha value is -2.42. The van der Waals surface area contributed by atoms with Crippen molar-refractivity contribution in [3.63, 3.8) is 0 Å². The van der Waals surface area contributed by atoms with Gasteiger partial charge in [-0.2, -0.15) is 4.31 Å². The number of halogens is 1. The van der Waals surface area contributed by atoms with Crippen LogP contribution in [0.1, 0.15) is 47.7 Å². The van der Waals surface area contributed by atoms with Gasteiger partial charge in [-0.25, -0.2) is 13.2 Å². The second kappa shape index (κ2) is 10.0. The van der Waals surface area contributed by atoms with Crippen LogP contribution >= 0.6 is 11.6 Å². The van der Waals surface area contributed by atoms with Gasteiger partial charge in [-0.05, 0) is 63.4 Å². The van der Waals surface area contributed by atoms with E-state index < -0.39 is 28.0 Å². The van der Waals surface area contributed by atoms with E-state index in [0.717, 1.165) is 30.4 Å². The van der Waals surface area contributed by atoms with Gasteiger partial charge in [0, 0.05) is 13.1 Å². The smallest absolute Gasteiger partial charge is 0.339 e. The first-order chi connectivity index (χ1) is 15.1. The third kappa shape index (κ3) is 5.49. The van der Waals surface area contributed by atoms with E-state index in [1.54, 1.807) is 13.0 Å². The molecule has 3 rings (SSSR count). The van der Waals surface area contributed by atoms with E-state index in [1.165, 1.54) is 29.4 Å². The lowest BCUT2D eigenvalue weighted by Gasteiger charge is -2.26. The molecule has 2 aromatic rings. The fourth-order valence-electron chi connectivity index (χ4n) is 3.48. The number of nitrogens with one attached hydrogen (secondary N) is 1. The Morgan fingerprint density at radius 1 is 1.06 bits per heavy atom. The number of rotatable bonds is 6. The molecule has 1 aliphatic rings. The summed E-state index contributed by atoms with van der Waals surface area (Å²) >= 11 is 6.19. The number of aryl methyl sites for hydroxylation is 2. The maximum absolute atomic E-state index is 12.9. The van der Waals surface area contributed by atoms with E-state index in [0.29, 0.717) is 18.7 Å². The lowest BCUT2D eigenvalue weighted by molar-refractivity contribution is -0.123. The zero-order valence-corrected chi connectivity index (χ0v) is 19.9. The van der Waals surface area contributed by atoms with Crippen molar-refractivity contribution in [3.05, 3.63) is 58.1 Å². The second-order valence-electron chi connectivity index (χ2n) is 7.96. The summed E-state index contributed by atoms with van der Waals surface area (Å²) in [6.07, 6.45) is 1.53. The molecule has 1 amide bonds. The summed E-state index contributed by atoms with van der Waals surface area (Å²) in [6, 6.07) is 9.59. The number of amides is 1. The van der Waals surface area contributed by atoms with E-state index in [1.807, 2.05) is 19.1 Å². The van der Waals surface area contributed by atoms with E-state index in [9.17, 15) is 18.0 Å². The van der Waals surface area contributed by atoms with Crippen LogP contribution < -0.4 is 5.32 Å². The molecule has 0 radical (unpaired) electrons. The molecule has 172 valence electrons. The Kier molecular flexibility index (Phi) is 7.59. The molecule has 0 aromatic heterocycles. The Balaban J connectivity index is 1.73.